The summed E-state index contributed by atoms with van der Waals surface area (Å²) < 4.78 is 5.59. The third-order valence-corrected chi connectivity index (χ3v) is 5.34. The maximum atomic E-state index is 12.4. The molecule has 34 heavy (non-hydrogen) atoms. The molecule has 0 aliphatic heterocycles. The monoisotopic (exact) mass is 471 g/mol. The second-order valence-electron chi connectivity index (χ2n) is 7.57. The van der Waals surface area contributed by atoms with Crippen LogP contribution in [0.5, 0.6) is 5.75 Å². The minimum atomic E-state index is -0.375. The highest BCUT2D eigenvalue weighted by Crippen LogP contribution is 2.20. The van der Waals surface area contributed by atoms with Gasteiger partial charge < -0.3 is 10.1 Å². The number of fused-ring (bicyclic) bond motifs is 1. The lowest BCUT2D eigenvalue weighted by molar-refractivity contribution is -0.123. The van der Waals surface area contributed by atoms with Gasteiger partial charge in [0.05, 0.1) is 5.71 Å². The fourth-order valence-electron chi connectivity index (χ4n) is 3.28. The van der Waals surface area contributed by atoms with Crippen molar-refractivity contribution in [2.75, 3.05) is 11.9 Å². The Kier molecular flexibility index (Phi) is 7.20. The van der Waals surface area contributed by atoms with E-state index in [9.17, 15) is 9.59 Å². The molecular formula is C27H22ClN3O3. The summed E-state index contributed by atoms with van der Waals surface area (Å²) in [6, 6.07) is 27.4. The molecule has 0 saturated carbocycles. The zero-order chi connectivity index (χ0) is 23.9. The van der Waals surface area contributed by atoms with Gasteiger partial charge in [0.25, 0.3) is 11.8 Å². The van der Waals surface area contributed by atoms with Crippen LogP contribution in [0.2, 0.25) is 5.02 Å². The normalized spacial score (nSPS) is 11.2. The quantitative estimate of drug-likeness (QED) is 0.269. The predicted molar refractivity (Wildman–Crippen MR) is 136 cm³/mol. The Hall–Kier alpha value is -4.16. The number of benzene rings is 4. The van der Waals surface area contributed by atoms with Crippen LogP contribution in [0.15, 0.2) is 96.1 Å². The molecule has 0 saturated heterocycles. The summed E-state index contributed by atoms with van der Waals surface area (Å²) in [5.74, 6) is -0.0130. The Labute approximate surface area is 202 Å². The number of nitrogens with zero attached hydrogens (tertiary/aromatic N) is 1. The smallest absolute Gasteiger partial charge is 0.277 e. The number of hydrogen-bond acceptors (Lipinski definition) is 4. The summed E-state index contributed by atoms with van der Waals surface area (Å²) in [5, 5.41) is 9.71. The third-order valence-electron chi connectivity index (χ3n) is 5.08. The van der Waals surface area contributed by atoms with Gasteiger partial charge in [-0.2, -0.15) is 5.10 Å². The summed E-state index contributed by atoms with van der Waals surface area (Å²) in [6.45, 7) is 1.61. The molecule has 0 radical (unpaired) electrons. The molecule has 0 spiro atoms. The molecule has 0 atom stereocenters. The number of halogens is 1. The zero-order valence-corrected chi connectivity index (χ0v) is 19.2. The Bertz CT molecular complexity index is 1370. The standard InChI is InChI=1S/C27H22ClN3O3/c1-18(21-7-4-8-24(15-21)29-27(33)20-9-12-23(28)13-10-20)30-31-26(32)17-34-25-14-11-19-5-2-3-6-22(19)16-25/h2-16H,17H2,1H3,(H,29,33)(H,31,32). The Morgan fingerprint density at radius 1 is 0.853 bits per heavy atom. The number of nitrogens with one attached hydrogen (secondary N) is 2. The van der Waals surface area contributed by atoms with Gasteiger partial charge in [-0.3, -0.25) is 9.59 Å². The van der Waals surface area contributed by atoms with Gasteiger partial charge in [-0.25, -0.2) is 5.43 Å². The molecule has 2 amide bonds. The van der Waals surface area contributed by atoms with Crippen molar-refractivity contribution in [3.63, 3.8) is 0 Å². The summed E-state index contributed by atoms with van der Waals surface area (Å²) in [7, 11) is 0. The van der Waals surface area contributed by atoms with E-state index in [2.05, 4.69) is 15.8 Å². The second-order valence-corrected chi connectivity index (χ2v) is 8.01. The summed E-state index contributed by atoms with van der Waals surface area (Å²) in [6.07, 6.45) is 0. The average Bonchev–Trinajstić information content (AvgIpc) is 2.86. The van der Waals surface area contributed by atoms with Crippen LogP contribution in [0, 0.1) is 0 Å². The lowest BCUT2D eigenvalue weighted by atomic mass is 10.1. The van der Waals surface area contributed by atoms with Gasteiger partial charge in [-0.15, -0.1) is 0 Å². The molecule has 0 aliphatic carbocycles. The van der Waals surface area contributed by atoms with E-state index in [-0.39, 0.29) is 18.4 Å². The molecule has 0 fully saturated rings. The molecule has 0 unspecified atom stereocenters. The van der Waals surface area contributed by atoms with E-state index in [0.717, 1.165) is 16.3 Å². The third kappa shape index (κ3) is 5.99. The molecule has 4 rings (SSSR count). The van der Waals surface area contributed by atoms with E-state index < -0.39 is 0 Å². The highest BCUT2D eigenvalue weighted by molar-refractivity contribution is 6.30. The molecule has 4 aromatic carbocycles. The number of carbonyl (C=O) groups is 2. The topological polar surface area (TPSA) is 79.8 Å². The molecule has 7 heteroatoms. The molecule has 170 valence electrons. The van der Waals surface area contributed by atoms with Crippen LogP contribution < -0.4 is 15.5 Å². The molecule has 0 aliphatic rings. The van der Waals surface area contributed by atoms with E-state index in [0.29, 0.717) is 27.7 Å². The van der Waals surface area contributed by atoms with Gasteiger partial charge in [0.1, 0.15) is 5.75 Å². The number of hydrogen-bond donors (Lipinski definition) is 2. The number of amides is 2. The van der Waals surface area contributed by atoms with Crippen molar-refractivity contribution in [3.05, 3.63) is 107 Å². The first-order valence-corrected chi connectivity index (χ1v) is 11.0. The minimum Gasteiger partial charge on any atom is -0.484 e. The fraction of sp³-hybridized carbons (Fsp3) is 0.0741. The van der Waals surface area contributed by atoms with Gasteiger partial charge >= 0.3 is 0 Å². The van der Waals surface area contributed by atoms with E-state index in [1.807, 2.05) is 48.5 Å². The van der Waals surface area contributed by atoms with Crippen LogP contribution in [0.25, 0.3) is 10.8 Å². The zero-order valence-electron chi connectivity index (χ0n) is 18.4. The van der Waals surface area contributed by atoms with Gasteiger partial charge in [0, 0.05) is 16.3 Å². The van der Waals surface area contributed by atoms with Crippen molar-refractivity contribution in [2.24, 2.45) is 5.10 Å². The van der Waals surface area contributed by atoms with Crippen LogP contribution in [-0.4, -0.2) is 24.1 Å². The van der Waals surface area contributed by atoms with Crippen LogP contribution in [-0.2, 0) is 4.79 Å². The average molecular weight is 472 g/mol. The number of ether oxygens (including phenoxy) is 1. The van der Waals surface area contributed by atoms with Crippen molar-refractivity contribution in [3.8, 4) is 5.75 Å². The maximum absolute atomic E-state index is 12.4. The number of anilines is 1. The van der Waals surface area contributed by atoms with E-state index in [4.69, 9.17) is 16.3 Å². The second kappa shape index (κ2) is 10.6. The van der Waals surface area contributed by atoms with Crippen molar-refractivity contribution >= 4 is 45.6 Å². The Morgan fingerprint density at radius 2 is 1.62 bits per heavy atom. The molecule has 2 N–H and O–H groups in total. The molecular weight excluding hydrogens is 450 g/mol. The van der Waals surface area contributed by atoms with Crippen LogP contribution in [0.3, 0.4) is 0 Å². The largest absolute Gasteiger partial charge is 0.484 e. The van der Waals surface area contributed by atoms with Crippen LogP contribution in [0.4, 0.5) is 5.69 Å². The maximum Gasteiger partial charge on any atom is 0.277 e. The van der Waals surface area contributed by atoms with Crippen molar-refractivity contribution in [1.82, 2.24) is 5.43 Å². The highest BCUT2D eigenvalue weighted by atomic mass is 35.5. The predicted octanol–water partition coefficient (Wildman–Crippen LogP) is 5.66. The molecule has 0 bridgehead atoms. The summed E-state index contributed by atoms with van der Waals surface area (Å²) in [4.78, 5) is 24.6. The van der Waals surface area contributed by atoms with E-state index in [1.165, 1.54) is 0 Å². The van der Waals surface area contributed by atoms with Crippen LogP contribution >= 0.6 is 11.6 Å². The van der Waals surface area contributed by atoms with Gasteiger partial charge in [0.15, 0.2) is 6.61 Å². The van der Waals surface area contributed by atoms with Crippen molar-refractivity contribution in [2.45, 2.75) is 6.92 Å². The van der Waals surface area contributed by atoms with Crippen LogP contribution in [0.1, 0.15) is 22.8 Å². The number of rotatable bonds is 7. The van der Waals surface area contributed by atoms with Crippen molar-refractivity contribution < 1.29 is 14.3 Å². The molecule has 6 nitrogen and oxygen atoms in total. The Morgan fingerprint density at radius 3 is 2.41 bits per heavy atom. The first-order chi connectivity index (χ1) is 16.5. The first kappa shape index (κ1) is 23.0. The molecule has 0 aromatic heterocycles. The minimum absolute atomic E-state index is 0.160. The summed E-state index contributed by atoms with van der Waals surface area (Å²) >= 11 is 5.87. The van der Waals surface area contributed by atoms with E-state index in [1.54, 1.807) is 49.4 Å². The molecule has 0 heterocycles. The lowest BCUT2D eigenvalue weighted by Gasteiger charge is -2.09. The van der Waals surface area contributed by atoms with Gasteiger partial charge in [-0.1, -0.05) is 54.1 Å². The van der Waals surface area contributed by atoms with Gasteiger partial charge in [-0.05, 0) is 71.8 Å². The first-order valence-electron chi connectivity index (χ1n) is 10.6. The van der Waals surface area contributed by atoms with E-state index >= 15 is 0 Å². The number of carbonyl (C=O) groups excluding carboxylic acids is 2. The fourth-order valence-corrected chi connectivity index (χ4v) is 3.40. The SMILES string of the molecule is CC(=NNC(=O)COc1ccc2ccccc2c1)c1cccc(NC(=O)c2ccc(Cl)cc2)c1. The highest BCUT2D eigenvalue weighted by Gasteiger charge is 2.08. The molecule has 4 aromatic rings. The van der Waals surface area contributed by atoms with Gasteiger partial charge in [0.2, 0.25) is 0 Å². The Balaban J connectivity index is 1.33. The summed E-state index contributed by atoms with van der Waals surface area (Å²) in [5.41, 5.74) is 4.95. The van der Waals surface area contributed by atoms with Crippen molar-refractivity contribution in [1.29, 1.82) is 0 Å². The lowest BCUT2D eigenvalue weighted by Crippen LogP contribution is -2.25. The number of hydrazone groups is 1.